The maximum absolute atomic E-state index is 13.1. The third-order valence-corrected chi connectivity index (χ3v) is 8.39. The van der Waals surface area contributed by atoms with Crippen molar-refractivity contribution < 1.29 is 26.4 Å². The lowest BCUT2D eigenvalue weighted by atomic mass is 9.95. The first kappa shape index (κ1) is 24.7. The van der Waals surface area contributed by atoms with E-state index in [0.29, 0.717) is 6.54 Å². The number of halogens is 3. The Morgan fingerprint density at radius 1 is 0.912 bits per heavy atom. The highest BCUT2D eigenvalue weighted by molar-refractivity contribution is 7.89. The van der Waals surface area contributed by atoms with E-state index in [4.69, 9.17) is 0 Å². The number of hydrogen-bond acceptors (Lipinski definition) is 4. The van der Waals surface area contributed by atoms with Gasteiger partial charge in [-0.15, -0.1) is 0 Å². The Morgan fingerprint density at radius 2 is 1.56 bits per heavy atom. The Kier molecular flexibility index (Phi) is 7.30. The summed E-state index contributed by atoms with van der Waals surface area (Å²) in [6.07, 6.45) is -2.77. The van der Waals surface area contributed by atoms with Gasteiger partial charge in [-0.25, -0.2) is 8.42 Å². The van der Waals surface area contributed by atoms with Crippen molar-refractivity contribution in [2.45, 2.75) is 30.5 Å². The summed E-state index contributed by atoms with van der Waals surface area (Å²) in [7, 11) is -3.92. The van der Waals surface area contributed by atoms with E-state index >= 15 is 0 Å². The van der Waals surface area contributed by atoms with Crippen molar-refractivity contribution in [3.05, 3.63) is 65.7 Å². The average Bonchev–Trinajstić information content (AvgIpc) is 2.84. The monoisotopic (exact) mass is 495 g/mol. The van der Waals surface area contributed by atoms with Gasteiger partial charge in [0.25, 0.3) is 0 Å². The first-order valence-electron chi connectivity index (χ1n) is 11.4. The molecule has 0 aliphatic carbocycles. The molecule has 0 saturated carbocycles. The Labute approximate surface area is 198 Å². The molecule has 0 radical (unpaired) electrons. The van der Waals surface area contributed by atoms with Crippen LogP contribution in [0, 0.1) is 5.92 Å². The number of carbonyl (C=O) groups is 1. The Bertz CT molecular complexity index is 1080. The first-order chi connectivity index (χ1) is 16.1. The van der Waals surface area contributed by atoms with Gasteiger partial charge in [0.2, 0.25) is 15.9 Å². The van der Waals surface area contributed by atoms with Crippen LogP contribution < -0.4 is 0 Å². The Morgan fingerprint density at radius 3 is 2.18 bits per heavy atom. The summed E-state index contributed by atoms with van der Waals surface area (Å²) in [4.78, 5) is 17.0. The second kappa shape index (κ2) is 10.1. The van der Waals surface area contributed by atoms with Gasteiger partial charge in [0, 0.05) is 39.3 Å². The second-order valence-electron chi connectivity index (χ2n) is 8.81. The smallest absolute Gasteiger partial charge is 0.340 e. The van der Waals surface area contributed by atoms with E-state index in [0.717, 1.165) is 50.2 Å². The highest BCUT2D eigenvalue weighted by atomic mass is 32.2. The van der Waals surface area contributed by atoms with E-state index in [-0.39, 0.29) is 42.9 Å². The third kappa shape index (κ3) is 5.61. The number of hydrogen-bond donors (Lipinski definition) is 0. The van der Waals surface area contributed by atoms with Crippen LogP contribution in [0.15, 0.2) is 59.5 Å². The normalized spacial score (nSPS) is 20.9. The van der Waals surface area contributed by atoms with Crippen LogP contribution >= 0.6 is 0 Å². The molecule has 1 amide bonds. The highest BCUT2D eigenvalue weighted by Gasteiger charge is 2.35. The molecule has 1 unspecified atom stereocenters. The van der Waals surface area contributed by atoms with Gasteiger partial charge in [-0.05, 0) is 49.2 Å². The topological polar surface area (TPSA) is 60.9 Å². The van der Waals surface area contributed by atoms with E-state index in [1.165, 1.54) is 9.87 Å². The van der Waals surface area contributed by atoms with Gasteiger partial charge < -0.3 is 4.90 Å². The lowest BCUT2D eigenvalue weighted by Gasteiger charge is -2.38. The molecule has 2 aromatic carbocycles. The molecule has 0 spiro atoms. The van der Waals surface area contributed by atoms with Crippen LogP contribution in [-0.4, -0.2) is 67.7 Å². The molecule has 2 aliphatic rings. The van der Waals surface area contributed by atoms with E-state index in [1.54, 1.807) is 4.90 Å². The molecule has 0 N–H and O–H groups in total. The molecular formula is C24H28F3N3O3S. The number of nitrogens with zero attached hydrogens (tertiary/aromatic N) is 3. The first-order valence-corrected chi connectivity index (χ1v) is 12.8. The number of amides is 1. The zero-order chi connectivity index (χ0) is 24.3. The van der Waals surface area contributed by atoms with Crippen molar-refractivity contribution in [2.24, 2.45) is 5.92 Å². The molecule has 2 aromatic rings. The minimum absolute atomic E-state index is 0.0457. The standard InChI is InChI=1S/C24H28F3N3O3S/c25-24(26,27)21-8-10-22(11-9-21)34(32,33)30-15-13-29(14-16-30)23(31)20-7-4-12-28(18-20)17-19-5-2-1-3-6-19/h1-3,5-6,8-11,20H,4,7,12-18H2. The predicted octanol–water partition coefficient (Wildman–Crippen LogP) is 3.45. The fourth-order valence-electron chi connectivity index (χ4n) is 4.61. The van der Waals surface area contributed by atoms with Crippen LogP contribution in [0.25, 0.3) is 0 Å². The van der Waals surface area contributed by atoms with E-state index in [9.17, 15) is 26.4 Å². The summed E-state index contributed by atoms with van der Waals surface area (Å²) >= 11 is 0. The molecule has 6 nitrogen and oxygen atoms in total. The number of alkyl halides is 3. The van der Waals surface area contributed by atoms with Crippen LogP contribution in [0.3, 0.4) is 0 Å². The van der Waals surface area contributed by atoms with Crippen molar-refractivity contribution in [3.8, 4) is 0 Å². The quantitative estimate of drug-likeness (QED) is 0.638. The van der Waals surface area contributed by atoms with E-state index < -0.39 is 21.8 Å². The fraction of sp³-hybridized carbons (Fsp3) is 0.458. The number of carbonyl (C=O) groups excluding carboxylic acids is 1. The lowest BCUT2D eigenvalue weighted by molar-refractivity contribution is -0.139. The maximum Gasteiger partial charge on any atom is 0.416 e. The fourth-order valence-corrected chi connectivity index (χ4v) is 6.04. The minimum atomic E-state index is -4.52. The summed E-state index contributed by atoms with van der Waals surface area (Å²) < 4.78 is 65.3. The van der Waals surface area contributed by atoms with Gasteiger partial charge in [0.05, 0.1) is 16.4 Å². The summed E-state index contributed by atoms with van der Waals surface area (Å²) in [5.74, 6) is -0.0696. The molecule has 0 aromatic heterocycles. The zero-order valence-corrected chi connectivity index (χ0v) is 19.6. The van der Waals surface area contributed by atoms with Gasteiger partial charge in [-0.1, -0.05) is 30.3 Å². The second-order valence-corrected chi connectivity index (χ2v) is 10.7. The summed E-state index contributed by atoms with van der Waals surface area (Å²) in [5, 5.41) is 0. The number of likely N-dealkylation sites (tertiary alicyclic amines) is 1. The van der Waals surface area contributed by atoms with Crippen molar-refractivity contribution in [3.63, 3.8) is 0 Å². The summed E-state index contributed by atoms with van der Waals surface area (Å²) in [6, 6.07) is 13.6. The molecular weight excluding hydrogens is 467 g/mol. The minimum Gasteiger partial charge on any atom is -0.340 e. The summed E-state index contributed by atoms with van der Waals surface area (Å²) in [5.41, 5.74) is 0.313. The lowest BCUT2D eigenvalue weighted by Crippen LogP contribution is -2.53. The Hall–Kier alpha value is -2.43. The molecule has 2 aliphatic heterocycles. The number of benzene rings is 2. The van der Waals surface area contributed by atoms with Crippen LogP contribution in [-0.2, 0) is 27.5 Å². The van der Waals surface area contributed by atoms with Crippen LogP contribution in [0.4, 0.5) is 13.2 Å². The van der Waals surface area contributed by atoms with E-state index in [1.807, 2.05) is 18.2 Å². The predicted molar refractivity (Wildman–Crippen MR) is 121 cm³/mol. The molecule has 184 valence electrons. The van der Waals surface area contributed by atoms with Crippen LogP contribution in [0.5, 0.6) is 0 Å². The molecule has 10 heteroatoms. The van der Waals surface area contributed by atoms with Gasteiger partial charge in [0.15, 0.2) is 0 Å². The largest absolute Gasteiger partial charge is 0.416 e. The zero-order valence-electron chi connectivity index (χ0n) is 18.7. The molecule has 34 heavy (non-hydrogen) atoms. The average molecular weight is 496 g/mol. The molecule has 2 fully saturated rings. The van der Waals surface area contributed by atoms with Gasteiger partial charge in [0.1, 0.15) is 0 Å². The van der Waals surface area contributed by atoms with Crippen LogP contribution in [0.2, 0.25) is 0 Å². The molecule has 2 saturated heterocycles. The third-order valence-electron chi connectivity index (χ3n) is 6.47. The number of rotatable bonds is 5. The summed E-state index contributed by atoms with van der Waals surface area (Å²) in [6.45, 7) is 3.20. The van der Waals surface area contributed by atoms with Crippen molar-refractivity contribution in [1.29, 1.82) is 0 Å². The molecule has 4 rings (SSSR count). The van der Waals surface area contributed by atoms with Crippen molar-refractivity contribution >= 4 is 15.9 Å². The van der Waals surface area contributed by atoms with Crippen molar-refractivity contribution in [2.75, 3.05) is 39.3 Å². The van der Waals surface area contributed by atoms with Gasteiger partial charge in [-0.3, -0.25) is 9.69 Å². The van der Waals surface area contributed by atoms with Gasteiger partial charge in [-0.2, -0.15) is 17.5 Å². The number of piperidine rings is 1. The SMILES string of the molecule is O=C(C1CCCN(Cc2ccccc2)C1)N1CCN(S(=O)(=O)c2ccc(C(F)(F)F)cc2)CC1. The maximum atomic E-state index is 13.1. The Balaban J connectivity index is 1.33. The van der Waals surface area contributed by atoms with E-state index in [2.05, 4.69) is 17.0 Å². The van der Waals surface area contributed by atoms with Crippen LogP contribution in [0.1, 0.15) is 24.0 Å². The van der Waals surface area contributed by atoms with Gasteiger partial charge >= 0.3 is 6.18 Å². The highest BCUT2D eigenvalue weighted by Crippen LogP contribution is 2.30. The molecule has 2 heterocycles. The van der Waals surface area contributed by atoms with Crippen molar-refractivity contribution in [1.82, 2.24) is 14.1 Å². The number of piperazine rings is 1. The number of sulfonamides is 1. The molecule has 1 atom stereocenters. The molecule has 0 bridgehead atoms.